The largest absolute Gasteiger partial charge is 0.264 e. The predicted molar refractivity (Wildman–Crippen MR) is 48.0 cm³/mol. The Bertz CT molecular complexity index is 385. The Balaban J connectivity index is 3.11. The molecule has 1 rings (SSSR count). The van der Waals surface area contributed by atoms with Gasteiger partial charge in [-0.05, 0) is 6.07 Å². The summed E-state index contributed by atoms with van der Waals surface area (Å²) >= 11 is 0. The molecule has 0 radical (unpaired) electrons. The van der Waals surface area contributed by atoms with E-state index in [9.17, 15) is 8.42 Å². The predicted octanol–water partition coefficient (Wildman–Crippen LogP) is 1.62. The van der Waals surface area contributed by atoms with E-state index in [1.807, 2.05) is 0 Å². The van der Waals surface area contributed by atoms with Crippen LogP contribution in [0.15, 0.2) is 31.1 Å². The van der Waals surface area contributed by atoms with Crippen molar-refractivity contribution in [3.63, 3.8) is 0 Å². The van der Waals surface area contributed by atoms with E-state index in [1.165, 1.54) is 12.4 Å². The van der Waals surface area contributed by atoms with Crippen LogP contribution in [-0.2, 0) is 9.05 Å². The fourth-order valence-corrected chi connectivity index (χ4v) is 1.34. The summed E-state index contributed by atoms with van der Waals surface area (Å²) < 4.78 is 21.5. The van der Waals surface area contributed by atoms with Crippen molar-refractivity contribution < 1.29 is 8.42 Å². The number of aromatic nitrogens is 1. The van der Waals surface area contributed by atoms with Crippen molar-refractivity contribution >= 4 is 24.6 Å². The zero-order chi connectivity index (χ0) is 9.19. The van der Waals surface area contributed by atoms with Crippen molar-refractivity contribution in [3.8, 4) is 0 Å². The molecule has 0 amide bonds. The van der Waals surface area contributed by atoms with Gasteiger partial charge in [0.05, 0.1) is 4.91 Å². The van der Waals surface area contributed by atoms with Crippen LogP contribution in [0.3, 0.4) is 0 Å². The molecular weight excluding hydrogens is 198 g/mol. The minimum absolute atomic E-state index is 0.128. The second kappa shape index (κ2) is 3.25. The highest BCUT2D eigenvalue weighted by Crippen LogP contribution is 2.20. The van der Waals surface area contributed by atoms with Crippen molar-refractivity contribution in [2.24, 2.45) is 0 Å². The fraction of sp³-hybridized carbons (Fsp3) is 0. The first kappa shape index (κ1) is 9.22. The minimum Gasteiger partial charge on any atom is -0.264 e. The van der Waals surface area contributed by atoms with E-state index < -0.39 is 9.05 Å². The number of hydrogen-bond donors (Lipinski definition) is 0. The van der Waals surface area contributed by atoms with Gasteiger partial charge in [0, 0.05) is 28.6 Å². The number of halogens is 1. The maximum atomic E-state index is 10.8. The molecule has 0 saturated carbocycles. The summed E-state index contributed by atoms with van der Waals surface area (Å²) in [4.78, 5) is 3.61. The van der Waals surface area contributed by atoms with E-state index in [2.05, 4.69) is 11.6 Å². The highest BCUT2D eigenvalue weighted by Gasteiger charge is 2.12. The molecule has 0 aliphatic heterocycles. The number of rotatable bonds is 2. The Morgan fingerprint density at radius 3 is 2.67 bits per heavy atom. The minimum atomic E-state index is -3.72. The Hall–Kier alpha value is -0.870. The van der Waals surface area contributed by atoms with Gasteiger partial charge in [-0.15, -0.1) is 0 Å². The van der Waals surface area contributed by atoms with Gasteiger partial charge >= 0.3 is 0 Å². The molecule has 0 aliphatic rings. The van der Waals surface area contributed by atoms with Gasteiger partial charge in [0.2, 0.25) is 0 Å². The highest BCUT2D eigenvalue weighted by molar-refractivity contribution is 8.21. The van der Waals surface area contributed by atoms with Crippen LogP contribution in [0.4, 0.5) is 0 Å². The zero-order valence-electron chi connectivity index (χ0n) is 6.07. The normalized spacial score (nSPS) is 11.1. The second-order valence-electron chi connectivity index (χ2n) is 2.10. The van der Waals surface area contributed by atoms with Gasteiger partial charge in [-0.1, -0.05) is 12.6 Å². The summed E-state index contributed by atoms with van der Waals surface area (Å²) in [6, 6.07) is 3.19. The van der Waals surface area contributed by atoms with Gasteiger partial charge in [-0.25, -0.2) is 8.42 Å². The Morgan fingerprint density at radius 1 is 1.58 bits per heavy atom. The van der Waals surface area contributed by atoms with Gasteiger partial charge in [0.1, 0.15) is 0 Å². The van der Waals surface area contributed by atoms with E-state index in [0.29, 0.717) is 5.56 Å². The standard InChI is InChI=1S/C7H6ClNO2S/c1-6(12(8,10)11)7-3-2-4-9-5-7/h2-5H,1H2. The van der Waals surface area contributed by atoms with Crippen molar-refractivity contribution in [3.05, 3.63) is 36.7 Å². The molecule has 0 fully saturated rings. The first-order valence-electron chi connectivity index (χ1n) is 3.06. The lowest BCUT2D eigenvalue weighted by molar-refractivity contribution is 0.618. The van der Waals surface area contributed by atoms with Crippen LogP contribution in [0.5, 0.6) is 0 Å². The van der Waals surface area contributed by atoms with Gasteiger partial charge in [-0.3, -0.25) is 4.98 Å². The first-order chi connectivity index (χ1) is 5.52. The van der Waals surface area contributed by atoms with E-state index in [0.717, 1.165) is 0 Å². The monoisotopic (exact) mass is 203 g/mol. The second-order valence-corrected chi connectivity index (χ2v) is 4.69. The van der Waals surface area contributed by atoms with Gasteiger partial charge in [0.25, 0.3) is 9.05 Å². The molecule has 0 unspecified atom stereocenters. The van der Waals surface area contributed by atoms with Crippen LogP contribution in [0.2, 0.25) is 0 Å². The SMILES string of the molecule is C=C(c1cccnc1)S(=O)(=O)Cl. The molecular formula is C7H6ClNO2S. The van der Waals surface area contributed by atoms with Gasteiger partial charge in [0.15, 0.2) is 0 Å². The average Bonchev–Trinajstić information content (AvgIpc) is 2.03. The van der Waals surface area contributed by atoms with E-state index in [1.54, 1.807) is 12.1 Å². The summed E-state index contributed by atoms with van der Waals surface area (Å²) in [6.07, 6.45) is 2.93. The van der Waals surface area contributed by atoms with Crippen molar-refractivity contribution in [2.75, 3.05) is 0 Å². The lowest BCUT2D eigenvalue weighted by Crippen LogP contribution is -1.92. The number of pyridine rings is 1. The molecule has 0 bridgehead atoms. The van der Waals surface area contributed by atoms with E-state index >= 15 is 0 Å². The van der Waals surface area contributed by atoms with Crippen LogP contribution < -0.4 is 0 Å². The zero-order valence-corrected chi connectivity index (χ0v) is 7.64. The van der Waals surface area contributed by atoms with Crippen molar-refractivity contribution in [1.82, 2.24) is 4.98 Å². The molecule has 5 heteroatoms. The molecule has 0 spiro atoms. The molecule has 1 heterocycles. The molecule has 0 aliphatic carbocycles. The highest BCUT2D eigenvalue weighted by atomic mass is 35.7. The summed E-state index contributed by atoms with van der Waals surface area (Å²) in [6.45, 7) is 3.34. The summed E-state index contributed by atoms with van der Waals surface area (Å²) in [5.74, 6) is 0. The smallest absolute Gasteiger partial charge is 0.261 e. The average molecular weight is 204 g/mol. The van der Waals surface area contributed by atoms with Gasteiger partial charge < -0.3 is 0 Å². The molecule has 1 aromatic rings. The maximum absolute atomic E-state index is 10.8. The van der Waals surface area contributed by atoms with E-state index in [4.69, 9.17) is 10.7 Å². The fourth-order valence-electron chi connectivity index (χ4n) is 0.668. The van der Waals surface area contributed by atoms with Crippen molar-refractivity contribution in [1.29, 1.82) is 0 Å². The Morgan fingerprint density at radius 2 is 2.25 bits per heavy atom. The number of hydrogen-bond acceptors (Lipinski definition) is 3. The third-order valence-electron chi connectivity index (χ3n) is 1.28. The lowest BCUT2D eigenvalue weighted by atomic mass is 10.3. The lowest BCUT2D eigenvalue weighted by Gasteiger charge is -1.98. The maximum Gasteiger partial charge on any atom is 0.261 e. The quantitative estimate of drug-likeness (QED) is 0.687. The molecule has 3 nitrogen and oxygen atoms in total. The van der Waals surface area contributed by atoms with Crippen LogP contribution >= 0.6 is 10.7 Å². The topological polar surface area (TPSA) is 47.0 Å². The van der Waals surface area contributed by atoms with Crippen LogP contribution in [0, 0.1) is 0 Å². The molecule has 64 valence electrons. The van der Waals surface area contributed by atoms with E-state index in [-0.39, 0.29) is 4.91 Å². The summed E-state index contributed by atoms with van der Waals surface area (Å²) in [7, 11) is 1.34. The van der Waals surface area contributed by atoms with Gasteiger partial charge in [-0.2, -0.15) is 0 Å². The molecule has 12 heavy (non-hydrogen) atoms. The third kappa shape index (κ3) is 2.06. The Labute approximate surface area is 75.1 Å². The van der Waals surface area contributed by atoms with Crippen molar-refractivity contribution in [2.45, 2.75) is 0 Å². The molecule has 1 aromatic heterocycles. The van der Waals surface area contributed by atoms with Crippen LogP contribution in [-0.4, -0.2) is 13.4 Å². The molecule has 0 aromatic carbocycles. The molecule has 0 atom stereocenters. The summed E-state index contributed by atoms with van der Waals surface area (Å²) in [5, 5.41) is 0. The number of nitrogens with zero attached hydrogens (tertiary/aromatic N) is 1. The third-order valence-corrected chi connectivity index (χ3v) is 2.66. The van der Waals surface area contributed by atoms with Crippen LogP contribution in [0.25, 0.3) is 4.91 Å². The molecule has 0 N–H and O–H groups in total. The molecule has 0 saturated heterocycles. The summed E-state index contributed by atoms with van der Waals surface area (Å²) in [5.41, 5.74) is 0.410. The first-order valence-corrected chi connectivity index (χ1v) is 5.37. The van der Waals surface area contributed by atoms with Crippen LogP contribution in [0.1, 0.15) is 5.56 Å². The Kier molecular flexibility index (Phi) is 2.49.